The minimum absolute atomic E-state index is 0.00960. The molecule has 1 aliphatic rings. The Balaban J connectivity index is 1.34. The first-order chi connectivity index (χ1) is 17.3. The number of esters is 1. The second-order valence-corrected chi connectivity index (χ2v) is 8.30. The molecule has 3 heterocycles. The molecular formula is C25H19F2N5O4. The fraction of sp³-hybridized carbons (Fsp3) is 0.160. The first-order valence-electron chi connectivity index (χ1n) is 11.0. The van der Waals surface area contributed by atoms with Gasteiger partial charge in [0.1, 0.15) is 23.0 Å². The second-order valence-electron chi connectivity index (χ2n) is 8.30. The summed E-state index contributed by atoms with van der Waals surface area (Å²) in [5, 5.41) is 9.14. The number of hydrogen-bond donors (Lipinski definition) is 2. The molecule has 36 heavy (non-hydrogen) atoms. The lowest BCUT2D eigenvalue weighted by molar-refractivity contribution is -0.131. The maximum absolute atomic E-state index is 14.3. The largest absolute Gasteiger partial charge is 0.426 e. The van der Waals surface area contributed by atoms with Crippen LogP contribution >= 0.6 is 0 Å². The smallest absolute Gasteiger partial charge is 0.315 e. The van der Waals surface area contributed by atoms with Gasteiger partial charge in [0.2, 0.25) is 0 Å². The molecule has 2 aromatic heterocycles. The summed E-state index contributed by atoms with van der Waals surface area (Å²) in [6.45, 7) is 1.75. The zero-order chi connectivity index (χ0) is 25.4. The SMILES string of the molecule is Cc1ccc(CNC(=O)c2cc(C(=O)NCc3ccc4c(c3)CC(=O)O4)nc3c(F)cnn23)cc1F. The van der Waals surface area contributed by atoms with E-state index in [9.17, 15) is 23.2 Å². The van der Waals surface area contributed by atoms with E-state index in [0.717, 1.165) is 21.8 Å². The van der Waals surface area contributed by atoms with Crippen LogP contribution in [0, 0.1) is 18.6 Å². The van der Waals surface area contributed by atoms with Crippen LogP contribution in [0.1, 0.15) is 43.2 Å². The number of fused-ring (bicyclic) bond motifs is 2. The third kappa shape index (κ3) is 4.50. The van der Waals surface area contributed by atoms with Crippen LogP contribution in [0.2, 0.25) is 0 Å². The fourth-order valence-electron chi connectivity index (χ4n) is 3.80. The summed E-state index contributed by atoms with van der Waals surface area (Å²) in [5.74, 6) is -2.34. The molecule has 0 atom stereocenters. The van der Waals surface area contributed by atoms with E-state index in [1.807, 2.05) is 0 Å². The third-order valence-corrected chi connectivity index (χ3v) is 5.72. The monoisotopic (exact) mass is 491 g/mol. The fourth-order valence-corrected chi connectivity index (χ4v) is 3.80. The number of halogens is 2. The Morgan fingerprint density at radius 2 is 1.72 bits per heavy atom. The summed E-state index contributed by atoms with van der Waals surface area (Å²) in [4.78, 5) is 41.2. The van der Waals surface area contributed by atoms with Gasteiger partial charge in [0.15, 0.2) is 11.5 Å². The van der Waals surface area contributed by atoms with Gasteiger partial charge in [0.05, 0.1) is 12.6 Å². The van der Waals surface area contributed by atoms with Crippen LogP contribution in [0.15, 0.2) is 48.7 Å². The highest BCUT2D eigenvalue weighted by Crippen LogP contribution is 2.26. The lowest BCUT2D eigenvalue weighted by Gasteiger charge is -2.10. The highest BCUT2D eigenvalue weighted by Gasteiger charge is 2.22. The molecule has 0 aliphatic carbocycles. The lowest BCUT2D eigenvalue weighted by Crippen LogP contribution is -2.28. The molecule has 4 aromatic rings. The normalized spacial score (nSPS) is 12.4. The Labute approximate surface area is 203 Å². The summed E-state index contributed by atoms with van der Waals surface area (Å²) >= 11 is 0. The molecule has 9 nitrogen and oxygen atoms in total. The summed E-state index contributed by atoms with van der Waals surface area (Å²) < 4.78 is 34.2. The molecule has 0 saturated carbocycles. The van der Waals surface area contributed by atoms with Crippen molar-refractivity contribution >= 4 is 23.4 Å². The molecule has 11 heteroatoms. The number of aryl methyl sites for hydroxylation is 1. The Morgan fingerprint density at radius 3 is 2.50 bits per heavy atom. The zero-order valence-corrected chi connectivity index (χ0v) is 19.0. The molecule has 0 radical (unpaired) electrons. The number of ether oxygens (including phenoxy) is 1. The van der Waals surface area contributed by atoms with Gasteiger partial charge in [0, 0.05) is 24.7 Å². The molecule has 182 valence electrons. The Kier molecular flexibility index (Phi) is 5.88. The summed E-state index contributed by atoms with van der Waals surface area (Å²) in [5.41, 5.74) is 1.86. The van der Waals surface area contributed by atoms with E-state index in [-0.39, 0.29) is 42.5 Å². The maximum Gasteiger partial charge on any atom is 0.315 e. The quantitative estimate of drug-likeness (QED) is 0.317. The highest BCUT2D eigenvalue weighted by molar-refractivity contribution is 5.98. The number of rotatable bonds is 6. The van der Waals surface area contributed by atoms with Crippen molar-refractivity contribution in [1.29, 1.82) is 0 Å². The molecule has 1 aliphatic heterocycles. The molecular weight excluding hydrogens is 472 g/mol. The number of carbonyl (C=O) groups excluding carboxylic acids is 3. The summed E-state index contributed by atoms with van der Waals surface area (Å²) in [6.07, 6.45) is 1.05. The minimum Gasteiger partial charge on any atom is -0.426 e. The highest BCUT2D eigenvalue weighted by atomic mass is 19.1. The Morgan fingerprint density at radius 1 is 1.00 bits per heavy atom. The van der Waals surface area contributed by atoms with E-state index in [0.29, 0.717) is 16.9 Å². The lowest BCUT2D eigenvalue weighted by atomic mass is 10.1. The predicted molar refractivity (Wildman–Crippen MR) is 122 cm³/mol. The van der Waals surface area contributed by atoms with Crippen LogP contribution in [0.4, 0.5) is 8.78 Å². The molecule has 0 bridgehead atoms. The van der Waals surface area contributed by atoms with Crippen molar-refractivity contribution in [2.75, 3.05) is 0 Å². The van der Waals surface area contributed by atoms with Crippen LogP contribution in [-0.4, -0.2) is 32.4 Å². The van der Waals surface area contributed by atoms with Crippen molar-refractivity contribution in [3.63, 3.8) is 0 Å². The van der Waals surface area contributed by atoms with Gasteiger partial charge >= 0.3 is 5.97 Å². The van der Waals surface area contributed by atoms with Crippen molar-refractivity contribution in [2.45, 2.75) is 26.4 Å². The molecule has 5 rings (SSSR count). The van der Waals surface area contributed by atoms with Crippen molar-refractivity contribution in [3.05, 3.63) is 93.9 Å². The van der Waals surface area contributed by atoms with Crippen LogP contribution in [0.3, 0.4) is 0 Å². The van der Waals surface area contributed by atoms with Gasteiger partial charge < -0.3 is 15.4 Å². The number of hydrogen-bond acceptors (Lipinski definition) is 6. The first-order valence-corrected chi connectivity index (χ1v) is 11.0. The van der Waals surface area contributed by atoms with Crippen molar-refractivity contribution < 1.29 is 27.9 Å². The number of aromatic nitrogens is 3. The number of nitrogens with one attached hydrogen (secondary N) is 2. The van der Waals surface area contributed by atoms with Crippen LogP contribution in [0.25, 0.3) is 5.65 Å². The zero-order valence-electron chi connectivity index (χ0n) is 19.0. The van der Waals surface area contributed by atoms with Crippen molar-refractivity contribution in [3.8, 4) is 5.75 Å². The average Bonchev–Trinajstić information content (AvgIpc) is 3.43. The molecule has 0 fully saturated rings. The van der Waals surface area contributed by atoms with E-state index < -0.39 is 23.4 Å². The van der Waals surface area contributed by atoms with Gasteiger partial charge in [0.25, 0.3) is 11.8 Å². The molecule has 2 N–H and O–H groups in total. The maximum atomic E-state index is 14.3. The minimum atomic E-state index is -0.803. The van der Waals surface area contributed by atoms with E-state index in [4.69, 9.17) is 4.74 Å². The van der Waals surface area contributed by atoms with E-state index >= 15 is 0 Å². The topological polar surface area (TPSA) is 115 Å². The molecule has 0 saturated heterocycles. The van der Waals surface area contributed by atoms with E-state index in [1.54, 1.807) is 37.3 Å². The van der Waals surface area contributed by atoms with Crippen LogP contribution in [0.5, 0.6) is 5.75 Å². The molecule has 2 aromatic carbocycles. The van der Waals surface area contributed by atoms with Gasteiger partial charge in [-0.3, -0.25) is 14.4 Å². The molecule has 0 spiro atoms. The van der Waals surface area contributed by atoms with Crippen LogP contribution < -0.4 is 15.4 Å². The number of amides is 2. The predicted octanol–water partition coefficient (Wildman–Crippen LogP) is 2.64. The number of carbonyl (C=O) groups is 3. The van der Waals surface area contributed by atoms with Gasteiger partial charge in [-0.25, -0.2) is 18.3 Å². The van der Waals surface area contributed by atoms with Crippen LogP contribution in [-0.2, 0) is 24.3 Å². The van der Waals surface area contributed by atoms with Crippen molar-refractivity contribution in [2.24, 2.45) is 0 Å². The molecule has 2 amide bonds. The van der Waals surface area contributed by atoms with Gasteiger partial charge in [-0.2, -0.15) is 5.10 Å². The van der Waals surface area contributed by atoms with E-state index in [2.05, 4.69) is 20.7 Å². The number of nitrogens with zero attached hydrogens (tertiary/aromatic N) is 3. The first kappa shape index (κ1) is 23.1. The van der Waals surface area contributed by atoms with Gasteiger partial charge in [-0.15, -0.1) is 0 Å². The number of benzene rings is 2. The Bertz CT molecular complexity index is 1550. The molecule has 0 unspecified atom stereocenters. The average molecular weight is 491 g/mol. The summed E-state index contributed by atoms with van der Waals surface area (Å²) in [7, 11) is 0. The van der Waals surface area contributed by atoms with Gasteiger partial charge in [-0.1, -0.05) is 18.2 Å². The van der Waals surface area contributed by atoms with E-state index in [1.165, 1.54) is 12.1 Å². The van der Waals surface area contributed by atoms with Gasteiger partial charge in [-0.05, 0) is 41.8 Å². The standard InChI is InChI=1S/C25H19F2N5O4/c1-13-2-3-15(7-17(13)26)11-29-25(35)20-9-19(31-23-18(27)12-30-32(20)23)24(34)28-10-14-4-5-21-16(6-14)8-22(33)36-21/h2-7,9,12H,8,10-11H2,1H3,(H,28,34)(H,29,35). The third-order valence-electron chi connectivity index (χ3n) is 5.72. The second kappa shape index (κ2) is 9.17. The van der Waals surface area contributed by atoms with Crippen molar-refractivity contribution in [1.82, 2.24) is 25.2 Å². The summed E-state index contributed by atoms with van der Waals surface area (Å²) in [6, 6.07) is 10.9. The Hall–Kier alpha value is -4.67.